The zero-order valence-corrected chi connectivity index (χ0v) is 15.4. The van der Waals surface area contributed by atoms with Gasteiger partial charge in [-0.1, -0.05) is 77.6 Å². The Hall–Kier alpha value is 0.0400. The van der Waals surface area contributed by atoms with Gasteiger partial charge in [0.15, 0.2) is 4.31 Å². The molecule has 0 aromatic heterocycles. The van der Waals surface area contributed by atoms with Gasteiger partial charge in [-0.25, -0.2) is 0 Å². The average Bonchev–Trinajstić information content (AvgIpc) is 2.44. The molecule has 0 fully saturated rings. The van der Waals surface area contributed by atoms with E-state index >= 15 is 0 Å². The van der Waals surface area contributed by atoms with Gasteiger partial charge in [0.2, 0.25) is 0 Å². The third kappa shape index (κ3) is 28.2. The van der Waals surface area contributed by atoms with Gasteiger partial charge in [-0.3, -0.25) is 0 Å². The molecule has 0 aliphatic heterocycles. The number of rotatable bonds is 14. The zero-order chi connectivity index (χ0) is 17.1. The van der Waals surface area contributed by atoms with Crippen LogP contribution in [0.25, 0.3) is 0 Å². The largest absolute Gasteiger partial charge is 0.745 e. The van der Waals surface area contributed by atoms with Crippen LogP contribution in [-0.4, -0.2) is 21.5 Å². The van der Waals surface area contributed by atoms with Crippen LogP contribution >= 0.6 is 16.5 Å². The topological polar surface area (TPSA) is 104 Å². The molecule has 0 bridgehead atoms. The molecule has 6 nitrogen and oxygen atoms in total. The second-order valence-corrected chi connectivity index (χ2v) is 6.77. The molecule has 0 heterocycles. The van der Waals surface area contributed by atoms with Crippen molar-refractivity contribution in [1.82, 2.24) is 0 Å². The number of aliphatic hydroxyl groups excluding tert-OH is 1. The minimum Gasteiger partial charge on any atom is -0.396 e. The van der Waals surface area contributed by atoms with Gasteiger partial charge in [-0.2, -0.15) is 0 Å². The minimum atomic E-state index is -2.92. The van der Waals surface area contributed by atoms with Crippen LogP contribution in [0.4, 0.5) is 0 Å². The van der Waals surface area contributed by atoms with Crippen molar-refractivity contribution in [2.45, 2.75) is 84.0 Å². The molecular formula is C14H32O6P2+2. The SMILES string of the molecule is CCCCCCCCCCCCCCO.O=[P+](O)O[P+](=O)O. The first-order valence-corrected chi connectivity index (χ1v) is 10.4. The van der Waals surface area contributed by atoms with Crippen LogP contribution in [0.1, 0.15) is 84.0 Å². The van der Waals surface area contributed by atoms with E-state index < -0.39 is 16.5 Å². The lowest BCUT2D eigenvalue weighted by atomic mass is 10.1. The summed E-state index contributed by atoms with van der Waals surface area (Å²) in [5.41, 5.74) is 0. The van der Waals surface area contributed by atoms with Crippen LogP contribution in [0.5, 0.6) is 0 Å². The molecule has 0 aromatic rings. The van der Waals surface area contributed by atoms with E-state index in [4.69, 9.17) is 14.9 Å². The van der Waals surface area contributed by atoms with Crippen LogP contribution < -0.4 is 0 Å². The molecule has 2 unspecified atom stereocenters. The van der Waals surface area contributed by atoms with E-state index in [1.165, 1.54) is 70.6 Å². The van der Waals surface area contributed by atoms with Crippen molar-refractivity contribution in [2.24, 2.45) is 0 Å². The van der Waals surface area contributed by atoms with Gasteiger partial charge < -0.3 is 5.11 Å². The summed E-state index contributed by atoms with van der Waals surface area (Å²) in [5.74, 6) is 0. The van der Waals surface area contributed by atoms with Gasteiger partial charge in [-0.05, 0) is 6.42 Å². The molecule has 0 aliphatic carbocycles. The number of hydrogen-bond donors (Lipinski definition) is 3. The maximum Gasteiger partial charge on any atom is 0.745 e. The van der Waals surface area contributed by atoms with E-state index in [0.29, 0.717) is 6.61 Å². The Bertz CT molecular complexity index is 240. The molecular weight excluding hydrogens is 326 g/mol. The number of aliphatic hydroxyl groups is 1. The van der Waals surface area contributed by atoms with E-state index in [2.05, 4.69) is 11.2 Å². The predicted octanol–water partition coefficient (Wildman–Crippen LogP) is 4.98. The van der Waals surface area contributed by atoms with E-state index in [9.17, 15) is 9.13 Å². The molecule has 0 amide bonds. The lowest BCUT2D eigenvalue weighted by Gasteiger charge is -2.01. The van der Waals surface area contributed by atoms with Crippen LogP contribution in [0.3, 0.4) is 0 Å². The van der Waals surface area contributed by atoms with Gasteiger partial charge in [0.05, 0.1) is 0 Å². The smallest absolute Gasteiger partial charge is 0.396 e. The molecule has 0 saturated heterocycles. The molecule has 0 radical (unpaired) electrons. The first-order valence-electron chi connectivity index (χ1n) is 8.15. The summed E-state index contributed by atoms with van der Waals surface area (Å²) in [5, 5.41) is 8.61. The molecule has 3 N–H and O–H groups in total. The molecule has 22 heavy (non-hydrogen) atoms. The molecule has 8 heteroatoms. The minimum absolute atomic E-state index is 0.372. The second-order valence-electron chi connectivity index (χ2n) is 5.17. The second kappa shape index (κ2) is 21.0. The Morgan fingerprint density at radius 1 is 0.682 bits per heavy atom. The van der Waals surface area contributed by atoms with Crippen molar-refractivity contribution in [2.75, 3.05) is 6.61 Å². The Morgan fingerprint density at radius 3 is 1.23 bits per heavy atom. The van der Waals surface area contributed by atoms with Gasteiger partial charge in [-0.15, -0.1) is 9.79 Å². The number of unbranched alkanes of at least 4 members (excludes halogenated alkanes) is 11. The monoisotopic (exact) mass is 358 g/mol. The number of hydrogen-bond acceptors (Lipinski definition) is 4. The van der Waals surface area contributed by atoms with Crippen molar-refractivity contribution in [3.05, 3.63) is 0 Å². The summed E-state index contributed by atoms with van der Waals surface area (Å²) in [7, 11) is -5.85. The fourth-order valence-electron chi connectivity index (χ4n) is 2.01. The zero-order valence-electron chi connectivity index (χ0n) is 13.7. The highest BCUT2D eigenvalue weighted by Gasteiger charge is 2.31. The quantitative estimate of drug-likeness (QED) is 0.299. The average molecular weight is 358 g/mol. The van der Waals surface area contributed by atoms with Gasteiger partial charge in [0.25, 0.3) is 0 Å². The van der Waals surface area contributed by atoms with Gasteiger partial charge in [0.1, 0.15) is 0 Å². The van der Waals surface area contributed by atoms with Crippen molar-refractivity contribution in [3.63, 3.8) is 0 Å². The summed E-state index contributed by atoms with van der Waals surface area (Å²) in [4.78, 5) is 15.3. The first-order chi connectivity index (χ1) is 10.5. The summed E-state index contributed by atoms with van der Waals surface area (Å²) in [6.45, 7) is 2.64. The van der Waals surface area contributed by atoms with Crippen LogP contribution in [0.15, 0.2) is 0 Å². The molecule has 0 rings (SSSR count). The van der Waals surface area contributed by atoms with Gasteiger partial charge >= 0.3 is 16.5 Å². The van der Waals surface area contributed by atoms with Crippen molar-refractivity contribution >= 4 is 16.5 Å². The summed E-state index contributed by atoms with van der Waals surface area (Å²) in [6, 6.07) is 0. The maximum atomic E-state index is 9.39. The molecule has 0 spiro atoms. The standard InChI is InChI=1S/C14H30O.O5P2/c1-2-3-4-5-6-7-8-9-10-11-12-13-14-15;1-6(2)5-7(3)4/h15H,2-14H2,1H3;/p+2. The summed E-state index contributed by atoms with van der Waals surface area (Å²) in [6.07, 6.45) is 16.2. The van der Waals surface area contributed by atoms with E-state index in [1.807, 2.05) is 0 Å². The highest BCUT2D eigenvalue weighted by atomic mass is 31.2. The Kier molecular flexibility index (Phi) is 23.2. The lowest BCUT2D eigenvalue weighted by Crippen LogP contribution is -1.84. The fourth-order valence-corrected chi connectivity index (χ4v) is 2.49. The summed E-state index contributed by atoms with van der Waals surface area (Å²) < 4.78 is 22.2. The lowest BCUT2D eigenvalue weighted by molar-refractivity contribution is 0.282. The van der Waals surface area contributed by atoms with E-state index in [1.54, 1.807) is 0 Å². The predicted molar refractivity (Wildman–Crippen MR) is 88.9 cm³/mol. The highest BCUT2D eigenvalue weighted by molar-refractivity contribution is 7.46. The van der Waals surface area contributed by atoms with E-state index in [-0.39, 0.29) is 0 Å². The van der Waals surface area contributed by atoms with Crippen molar-refractivity contribution in [1.29, 1.82) is 0 Å². The van der Waals surface area contributed by atoms with E-state index in [0.717, 1.165) is 6.42 Å². The maximum absolute atomic E-state index is 9.39. The molecule has 2 atom stereocenters. The third-order valence-corrected chi connectivity index (χ3v) is 4.27. The van der Waals surface area contributed by atoms with Crippen LogP contribution in [0, 0.1) is 0 Å². The first kappa shape index (κ1) is 24.3. The van der Waals surface area contributed by atoms with Crippen LogP contribution in [0.2, 0.25) is 0 Å². The summed E-state index contributed by atoms with van der Waals surface area (Å²) >= 11 is 0. The van der Waals surface area contributed by atoms with Gasteiger partial charge in [0, 0.05) is 15.7 Å². The molecule has 0 aliphatic rings. The Labute approximate surface area is 136 Å². The molecule has 132 valence electrons. The van der Waals surface area contributed by atoms with Crippen molar-refractivity contribution < 1.29 is 28.3 Å². The molecule has 0 aromatic carbocycles. The Balaban J connectivity index is 0. The highest BCUT2D eigenvalue weighted by Crippen LogP contribution is 2.30. The normalized spacial score (nSPS) is 11.6. The Morgan fingerprint density at radius 2 is 1.00 bits per heavy atom. The molecule has 0 saturated carbocycles. The fraction of sp³-hybridized carbons (Fsp3) is 1.00. The third-order valence-electron chi connectivity index (χ3n) is 3.15. The van der Waals surface area contributed by atoms with Crippen LogP contribution in [-0.2, 0) is 13.4 Å². The van der Waals surface area contributed by atoms with Crippen molar-refractivity contribution in [3.8, 4) is 0 Å².